The van der Waals surface area contributed by atoms with Gasteiger partial charge in [-0.25, -0.2) is 13.2 Å². The molecule has 6 aliphatic rings. The molecule has 3 atom stereocenters. The molecule has 3 N–H and O–H groups in total. The number of phenols is 1. The molecule has 9 rings (SSSR count). The molecule has 1 aromatic heterocycles. The quantitative estimate of drug-likeness (QED) is 0.237. The molecule has 4 saturated heterocycles. The van der Waals surface area contributed by atoms with Crippen LogP contribution in [0.1, 0.15) is 48.5 Å². The summed E-state index contributed by atoms with van der Waals surface area (Å²) in [6.45, 7) is 9.52. The minimum atomic E-state index is -2.56. The van der Waals surface area contributed by atoms with Crippen molar-refractivity contribution in [3.63, 3.8) is 0 Å². The first-order chi connectivity index (χ1) is 28.8. The smallest absolute Gasteiger partial charge is 0.264 e. The van der Waals surface area contributed by atoms with E-state index in [1.54, 1.807) is 15.9 Å². The topological polar surface area (TPSA) is 158 Å². The van der Waals surface area contributed by atoms with Crippen molar-refractivity contribution in [1.29, 1.82) is 0 Å². The van der Waals surface area contributed by atoms with Gasteiger partial charge in [0.25, 0.3) is 12.3 Å². The van der Waals surface area contributed by atoms with E-state index in [1.807, 2.05) is 29.0 Å². The van der Waals surface area contributed by atoms with Crippen LogP contribution < -0.4 is 20.4 Å². The number of phenolic OH excluding ortho intramolecular Hbond substituents is 1. The molecule has 15 nitrogen and oxygen atoms in total. The van der Waals surface area contributed by atoms with E-state index in [0.29, 0.717) is 49.0 Å². The standard InChI is InChI=1S/C25H33N5O4.C17H18F3N5O/c1-17-13-27(10-11-29(17)16-31)14-18-6-8-28(9-7-18)20-3-2-19-15-30(25(34)21(19)12-20)22-4-5-23(32)26-24(22)33;1-24-5-6-25-13-7-12(10-3-2-4-11(18)14(10)26)22-23-15(13)21-8-17(25,9-24)16(19)20/h2-3,12,16-18,22H,4-11,13-15H2,1H3,(H,26,32,33);2-4,7,16,26H,5-6,8-9H2,1H3,(H,21,23). The van der Waals surface area contributed by atoms with Crippen molar-refractivity contribution < 1.29 is 37.5 Å². The maximum Gasteiger partial charge on any atom is 0.264 e. The summed E-state index contributed by atoms with van der Waals surface area (Å²) in [6, 6.07) is 11.4. The van der Waals surface area contributed by atoms with E-state index in [2.05, 4.69) is 43.6 Å². The molecule has 18 heteroatoms. The number of imide groups is 1. The van der Waals surface area contributed by atoms with E-state index < -0.39 is 29.6 Å². The van der Waals surface area contributed by atoms with Crippen molar-refractivity contribution in [2.45, 2.75) is 63.2 Å². The molecule has 0 spiro atoms. The third-order valence-electron chi connectivity index (χ3n) is 13.0. The molecule has 3 unspecified atom stereocenters. The first-order valence-electron chi connectivity index (χ1n) is 20.6. The number of nitrogens with one attached hydrogen (secondary N) is 2. The normalized spacial score (nSPS) is 24.9. The fourth-order valence-electron chi connectivity index (χ4n) is 9.55. The molecule has 0 aliphatic carbocycles. The number of halogens is 3. The van der Waals surface area contributed by atoms with Crippen LogP contribution >= 0.6 is 0 Å². The Bertz CT molecular complexity index is 2140. The van der Waals surface area contributed by atoms with E-state index in [1.165, 1.54) is 12.1 Å². The van der Waals surface area contributed by atoms with Crippen LogP contribution in [0.3, 0.4) is 0 Å². The summed E-state index contributed by atoms with van der Waals surface area (Å²) in [5.41, 5.74) is 2.18. The van der Waals surface area contributed by atoms with Gasteiger partial charge in [-0.2, -0.15) is 0 Å². The second-order valence-corrected chi connectivity index (χ2v) is 16.9. The van der Waals surface area contributed by atoms with E-state index >= 15 is 0 Å². The van der Waals surface area contributed by atoms with Crippen LogP contribution in [0, 0.1) is 11.7 Å². The number of piperazine rings is 2. The third kappa shape index (κ3) is 7.93. The lowest BCUT2D eigenvalue weighted by Crippen LogP contribution is -2.70. The zero-order valence-electron chi connectivity index (χ0n) is 33.8. The number of nitrogens with zero attached hydrogens (tertiary/aromatic N) is 8. The molecule has 3 aromatic rings. The molecule has 0 bridgehead atoms. The highest BCUT2D eigenvalue weighted by molar-refractivity contribution is 6.05. The Morgan fingerprint density at radius 3 is 2.52 bits per heavy atom. The van der Waals surface area contributed by atoms with Gasteiger partial charge in [-0.3, -0.25) is 29.4 Å². The zero-order chi connectivity index (χ0) is 42.3. The van der Waals surface area contributed by atoms with Crippen molar-refractivity contribution in [3.05, 3.63) is 59.4 Å². The third-order valence-corrected chi connectivity index (χ3v) is 13.0. The van der Waals surface area contributed by atoms with Crippen molar-refractivity contribution in [1.82, 2.24) is 35.1 Å². The summed E-state index contributed by atoms with van der Waals surface area (Å²) < 4.78 is 41.7. The van der Waals surface area contributed by atoms with Crippen LogP contribution in [0.25, 0.3) is 11.3 Å². The molecule has 0 radical (unpaired) electrons. The highest BCUT2D eigenvalue weighted by Crippen LogP contribution is 2.42. The van der Waals surface area contributed by atoms with Crippen molar-refractivity contribution in [3.8, 4) is 17.0 Å². The predicted octanol–water partition coefficient (Wildman–Crippen LogP) is 3.00. The minimum absolute atomic E-state index is 0.0568. The number of carbonyl (C=O) groups excluding carboxylic acids is 4. The molecule has 2 aromatic carbocycles. The van der Waals surface area contributed by atoms with E-state index in [9.17, 15) is 37.5 Å². The number of aromatic hydroxyl groups is 1. The second kappa shape index (κ2) is 16.9. The van der Waals surface area contributed by atoms with Crippen LogP contribution in [0.2, 0.25) is 0 Å². The van der Waals surface area contributed by atoms with E-state index in [0.717, 1.165) is 75.8 Å². The number of alkyl halides is 2. The fourth-order valence-corrected chi connectivity index (χ4v) is 9.55. The van der Waals surface area contributed by atoms with E-state index in [4.69, 9.17) is 0 Å². The van der Waals surface area contributed by atoms with Gasteiger partial charge >= 0.3 is 0 Å². The molecule has 6 aliphatic heterocycles. The molecule has 0 saturated carbocycles. The number of amides is 4. The number of anilines is 3. The van der Waals surface area contributed by atoms with Crippen molar-refractivity contribution in [2.75, 3.05) is 87.6 Å². The van der Waals surface area contributed by atoms with Crippen LogP contribution in [-0.4, -0.2) is 156 Å². The molecule has 60 heavy (non-hydrogen) atoms. The van der Waals surface area contributed by atoms with Gasteiger partial charge in [0, 0.05) is 101 Å². The van der Waals surface area contributed by atoms with Crippen LogP contribution in [0.4, 0.5) is 30.4 Å². The lowest BCUT2D eigenvalue weighted by Gasteiger charge is -2.53. The molecular formula is C42H51F3N10O5. The summed E-state index contributed by atoms with van der Waals surface area (Å²) in [4.78, 5) is 59.8. The first kappa shape index (κ1) is 41.3. The minimum Gasteiger partial charge on any atom is -0.504 e. The SMILES string of the molecule is CC1CN(CC2CCN(c3ccc4c(c3)C(=O)N(C3CCC(=O)NC3=O)C4)CC2)CCN1C=O.CN1CCN2c3cc(-c4cccc(F)c4O)nnc3NCC2(C(F)F)C1. The number of fused-ring (bicyclic) bond motifs is 4. The molecule has 4 fully saturated rings. The number of aromatic nitrogens is 2. The Hall–Kier alpha value is -5.49. The van der Waals surface area contributed by atoms with Crippen molar-refractivity contribution in [2.24, 2.45) is 5.92 Å². The lowest BCUT2D eigenvalue weighted by atomic mass is 9.91. The van der Waals surface area contributed by atoms with Crippen LogP contribution in [0.15, 0.2) is 42.5 Å². The zero-order valence-corrected chi connectivity index (χ0v) is 33.8. The number of carbonyl (C=O) groups is 4. The first-order valence-corrected chi connectivity index (χ1v) is 20.6. The van der Waals surface area contributed by atoms with Gasteiger partial charge in [-0.05, 0) is 75.0 Å². The number of benzene rings is 2. The Labute approximate surface area is 346 Å². The monoisotopic (exact) mass is 832 g/mol. The van der Waals surface area contributed by atoms with Crippen LogP contribution in [0.5, 0.6) is 5.75 Å². The summed E-state index contributed by atoms with van der Waals surface area (Å²) in [5, 5.41) is 23.4. The summed E-state index contributed by atoms with van der Waals surface area (Å²) in [6.07, 6.45) is 1.26. The van der Waals surface area contributed by atoms with E-state index in [-0.39, 0.29) is 54.5 Å². The summed E-state index contributed by atoms with van der Waals surface area (Å²) >= 11 is 0. The van der Waals surface area contributed by atoms with Gasteiger partial charge in [0.1, 0.15) is 11.6 Å². The maximum absolute atomic E-state index is 14.0. The average Bonchev–Trinajstić information content (AvgIpc) is 3.56. The molecule has 7 heterocycles. The second-order valence-electron chi connectivity index (χ2n) is 16.9. The molecular weight excluding hydrogens is 782 g/mol. The number of rotatable bonds is 7. The van der Waals surface area contributed by atoms with Gasteiger partial charge in [0.2, 0.25) is 18.2 Å². The highest BCUT2D eigenvalue weighted by atomic mass is 19.3. The van der Waals surface area contributed by atoms with Gasteiger partial charge in [-0.1, -0.05) is 12.1 Å². The fraction of sp³-hybridized carbons (Fsp3) is 0.524. The predicted molar refractivity (Wildman–Crippen MR) is 217 cm³/mol. The number of hydrogen-bond acceptors (Lipinski definition) is 12. The van der Waals surface area contributed by atoms with Gasteiger partial charge < -0.3 is 34.9 Å². The van der Waals surface area contributed by atoms with Crippen LogP contribution in [-0.2, 0) is 20.9 Å². The number of piperidine rings is 2. The number of hydrogen-bond donors (Lipinski definition) is 3. The summed E-state index contributed by atoms with van der Waals surface area (Å²) in [5.74, 6) is -1.03. The Kier molecular flexibility index (Phi) is 11.6. The molecule has 320 valence electrons. The Balaban J connectivity index is 0.000000172. The highest BCUT2D eigenvalue weighted by Gasteiger charge is 2.51. The molecule has 4 amide bonds. The Morgan fingerprint density at radius 1 is 0.983 bits per heavy atom. The van der Waals surface area contributed by atoms with Gasteiger partial charge in [-0.15, -0.1) is 10.2 Å². The lowest BCUT2D eigenvalue weighted by molar-refractivity contribution is -0.137. The van der Waals surface area contributed by atoms with Crippen molar-refractivity contribution >= 4 is 41.3 Å². The number of likely N-dealkylation sites (N-methyl/N-ethyl adjacent to an activating group) is 1. The largest absolute Gasteiger partial charge is 0.504 e. The average molecular weight is 833 g/mol. The maximum atomic E-state index is 14.0. The van der Waals surface area contributed by atoms with Gasteiger partial charge in [0.15, 0.2) is 17.4 Å². The number of para-hydroxylation sites is 1. The van der Waals surface area contributed by atoms with Gasteiger partial charge in [0.05, 0.1) is 11.4 Å². The summed E-state index contributed by atoms with van der Waals surface area (Å²) in [7, 11) is 1.82. The Morgan fingerprint density at radius 2 is 1.78 bits per heavy atom.